The Kier molecular flexibility index (Phi) is 2.60. The minimum Gasteiger partial charge on any atom is -0.390 e. The molecule has 3 heteroatoms. The molecule has 0 saturated heterocycles. The fourth-order valence-corrected chi connectivity index (χ4v) is 0.606. The smallest absolute Gasteiger partial charge is 0.0853 e. The van der Waals surface area contributed by atoms with Gasteiger partial charge in [-0.2, -0.15) is 0 Å². The molecule has 0 aliphatic rings. The van der Waals surface area contributed by atoms with Crippen LogP contribution < -0.4 is 11.1 Å². The Morgan fingerprint density at radius 2 is 2.36 bits per heavy atom. The van der Waals surface area contributed by atoms with Gasteiger partial charge in [-0.25, -0.2) is 4.99 Å². The lowest BCUT2D eigenvalue weighted by atomic mass is 10.4. The summed E-state index contributed by atoms with van der Waals surface area (Å²) in [6.45, 7) is 2.03. The van der Waals surface area contributed by atoms with Crippen LogP contribution in [0.2, 0.25) is 0 Å². The number of nitrogens with zero attached hydrogens (tertiary/aromatic N) is 2. The van der Waals surface area contributed by atoms with Crippen molar-refractivity contribution < 1.29 is 0 Å². The van der Waals surface area contributed by atoms with E-state index in [0.29, 0.717) is 0 Å². The van der Waals surface area contributed by atoms with Crippen LogP contribution in [0.5, 0.6) is 0 Å². The van der Waals surface area contributed by atoms with Crippen LogP contribution in [0.25, 0.3) is 0 Å². The minimum atomic E-state index is 0.878. The lowest BCUT2D eigenvalue weighted by molar-refractivity contribution is 1.03. The zero-order valence-electron chi connectivity index (χ0n) is 6.49. The largest absolute Gasteiger partial charge is 0.390 e. The first-order valence-corrected chi connectivity index (χ1v) is 3.56. The molecule has 0 radical (unpaired) electrons. The lowest BCUT2D eigenvalue weighted by Gasteiger charge is -1.89. The van der Waals surface area contributed by atoms with Gasteiger partial charge >= 0.3 is 0 Å². The highest BCUT2D eigenvalue weighted by atomic mass is 14.8. The maximum Gasteiger partial charge on any atom is 0.0853 e. The third-order valence-corrected chi connectivity index (χ3v) is 1.26. The second kappa shape index (κ2) is 3.71. The standard InChI is InChI=1S/C8H11N3/c1-2-7(5-10-6-9)11-8-3-4-8/h3-6H,2H2,1H3,(H2,9,10)/b7-5-. The molecular formula is C8H11N3. The topological polar surface area (TPSA) is 50.7 Å². The summed E-state index contributed by atoms with van der Waals surface area (Å²) in [4.78, 5) is 8.02. The molecule has 0 aromatic heterocycles. The number of allylic oxidation sites excluding steroid dienone is 1. The fraction of sp³-hybridized carbons (Fsp3) is 0.250. The summed E-state index contributed by atoms with van der Waals surface area (Å²) in [5.41, 5.74) is 6.03. The van der Waals surface area contributed by atoms with Gasteiger partial charge in [0.2, 0.25) is 0 Å². The molecule has 0 atom stereocenters. The lowest BCUT2D eigenvalue weighted by Crippen LogP contribution is -1.87. The van der Waals surface area contributed by atoms with E-state index in [1.165, 1.54) is 6.34 Å². The van der Waals surface area contributed by atoms with Gasteiger partial charge < -0.3 is 5.73 Å². The molecular weight excluding hydrogens is 138 g/mol. The SMILES string of the molecule is CC/C(=C/N=CN)N=c1cc1. The average molecular weight is 149 g/mol. The molecule has 0 aliphatic heterocycles. The van der Waals surface area contributed by atoms with E-state index in [1.54, 1.807) is 6.20 Å². The summed E-state index contributed by atoms with van der Waals surface area (Å²) in [5.74, 6) is 0. The molecule has 0 aliphatic carbocycles. The Hall–Kier alpha value is -1.38. The van der Waals surface area contributed by atoms with Crippen molar-refractivity contribution in [3.63, 3.8) is 0 Å². The van der Waals surface area contributed by atoms with E-state index in [9.17, 15) is 0 Å². The van der Waals surface area contributed by atoms with Gasteiger partial charge in [0.25, 0.3) is 0 Å². The predicted octanol–water partition coefficient (Wildman–Crippen LogP) is 0.701. The summed E-state index contributed by atoms with van der Waals surface area (Å²) in [6, 6.07) is 3.91. The van der Waals surface area contributed by atoms with Crippen LogP contribution in [-0.2, 0) is 0 Å². The number of rotatable bonds is 3. The van der Waals surface area contributed by atoms with Gasteiger partial charge in [-0.05, 0) is 18.6 Å². The molecule has 2 N–H and O–H groups in total. The summed E-state index contributed by atoms with van der Waals surface area (Å²) in [7, 11) is 0. The quantitative estimate of drug-likeness (QED) is 0.499. The Balaban J connectivity index is 2.65. The van der Waals surface area contributed by atoms with Crippen LogP contribution in [0.3, 0.4) is 0 Å². The van der Waals surface area contributed by atoms with E-state index in [1.807, 2.05) is 19.1 Å². The molecule has 0 spiro atoms. The highest BCUT2D eigenvalue weighted by molar-refractivity contribution is 5.52. The van der Waals surface area contributed by atoms with E-state index in [2.05, 4.69) is 9.98 Å². The number of hydrogen-bond donors (Lipinski definition) is 1. The Morgan fingerprint density at radius 1 is 1.64 bits per heavy atom. The van der Waals surface area contributed by atoms with E-state index in [4.69, 9.17) is 5.73 Å². The van der Waals surface area contributed by atoms with Crippen molar-refractivity contribution in [2.75, 3.05) is 0 Å². The second-order valence-corrected chi connectivity index (χ2v) is 2.14. The van der Waals surface area contributed by atoms with Crippen molar-refractivity contribution in [3.05, 3.63) is 29.4 Å². The van der Waals surface area contributed by atoms with Gasteiger partial charge in [-0.3, -0.25) is 4.99 Å². The van der Waals surface area contributed by atoms with Crippen molar-refractivity contribution in [3.8, 4) is 0 Å². The van der Waals surface area contributed by atoms with Crippen LogP contribution in [0.4, 0.5) is 0 Å². The predicted molar refractivity (Wildman–Crippen MR) is 45.4 cm³/mol. The maximum absolute atomic E-state index is 5.08. The summed E-state index contributed by atoms with van der Waals surface area (Å²) in [5, 5.41) is 1.03. The van der Waals surface area contributed by atoms with Gasteiger partial charge in [-0.15, -0.1) is 0 Å². The maximum atomic E-state index is 5.08. The van der Waals surface area contributed by atoms with E-state index >= 15 is 0 Å². The molecule has 3 nitrogen and oxygen atoms in total. The molecule has 1 aromatic carbocycles. The van der Waals surface area contributed by atoms with E-state index in [0.717, 1.165) is 17.5 Å². The first kappa shape index (κ1) is 7.72. The zero-order chi connectivity index (χ0) is 8.10. The van der Waals surface area contributed by atoms with Crippen molar-refractivity contribution >= 4 is 6.34 Å². The summed E-state index contributed by atoms with van der Waals surface area (Å²) >= 11 is 0. The van der Waals surface area contributed by atoms with Crippen LogP contribution in [0.1, 0.15) is 13.3 Å². The third kappa shape index (κ3) is 2.80. The summed E-state index contributed by atoms with van der Waals surface area (Å²) < 4.78 is 0. The van der Waals surface area contributed by atoms with Crippen molar-refractivity contribution in [2.45, 2.75) is 13.3 Å². The Labute approximate surface area is 65.7 Å². The van der Waals surface area contributed by atoms with Crippen molar-refractivity contribution in [1.82, 2.24) is 0 Å². The van der Waals surface area contributed by atoms with Crippen LogP contribution in [0, 0.1) is 0 Å². The molecule has 0 bridgehead atoms. The molecule has 58 valence electrons. The molecule has 1 rings (SSSR count). The average Bonchev–Trinajstić information content (AvgIpc) is 2.81. The number of aliphatic imine (C=N–C) groups is 1. The van der Waals surface area contributed by atoms with Crippen molar-refractivity contribution in [1.29, 1.82) is 0 Å². The molecule has 0 amide bonds. The molecule has 1 aromatic rings. The fourth-order valence-electron chi connectivity index (χ4n) is 0.606. The van der Waals surface area contributed by atoms with Crippen LogP contribution in [-0.4, -0.2) is 6.34 Å². The van der Waals surface area contributed by atoms with Gasteiger partial charge in [-0.1, -0.05) is 6.92 Å². The van der Waals surface area contributed by atoms with Gasteiger partial charge in [0.15, 0.2) is 0 Å². The monoisotopic (exact) mass is 149 g/mol. The zero-order valence-corrected chi connectivity index (χ0v) is 6.49. The van der Waals surface area contributed by atoms with Crippen LogP contribution in [0.15, 0.2) is 34.0 Å². The van der Waals surface area contributed by atoms with Gasteiger partial charge in [0, 0.05) is 0 Å². The molecule has 0 heterocycles. The van der Waals surface area contributed by atoms with Crippen LogP contribution >= 0.6 is 0 Å². The Morgan fingerprint density at radius 3 is 2.82 bits per heavy atom. The first-order chi connectivity index (χ1) is 5.36. The normalized spacial score (nSPS) is 13.0. The van der Waals surface area contributed by atoms with Gasteiger partial charge in [0.05, 0.1) is 23.6 Å². The first-order valence-electron chi connectivity index (χ1n) is 3.56. The third-order valence-electron chi connectivity index (χ3n) is 1.26. The highest BCUT2D eigenvalue weighted by Crippen LogP contribution is 2.01. The highest BCUT2D eigenvalue weighted by Gasteiger charge is 1.90. The summed E-state index contributed by atoms with van der Waals surface area (Å²) in [6.07, 6.45) is 3.81. The number of hydrogen-bond acceptors (Lipinski definition) is 2. The van der Waals surface area contributed by atoms with E-state index in [-0.39, 0.29) is 0 Å². The number of nitrogens with two attached hydrogens (primary N) is 1. The van der Waals surface area contributed by atoms with Gasteiger partial charge in [0.1, 0.15) is 0 Å². The molecule has 0 fully saturated rings. The Bertz CT molecular complexity index is 276. The van der Waals surface area contributed by atoms with E-state index < -0.39 is 0 Å². The minimum absolute atomic E-state index is 0.878. The molecule has 0 saturated carbocycles. The second-order valence-electron chi connectivity index (χ2n) is 2.14. The molecule has 0 unspecified atom stereocenters. The van der Waals surface area contributed by atoms with Crippen molar-refractivity contribution in [2.24, 2.45) is 15.7 Å². The molecule has 11 heavy (non-hydrogen) atoms.